The Hall–Kier alpha value is -2.27. The van der Waals surface area contributed by atoms with Crippen molar-refractivity contribution in [3.05, 3.63) is 53.6 Å². The van der Waals surface area contributed by atoms with Gasteiger partial charge in [-0.05, 0) is 44.6 Å². The molecule has 2 nitrogen and oxygen atoms in total. The molecule has 0 saturated carbocycles. The molecule has 0 unspecified atom stereocenters. The van der Waals surface area contributed by atoms with Gasteiger partial charge in [-0.2, -0.15) is 0 Å². The number of aromatic nitrogens is 2. The van der Waals surface area contributed by atoms with Gasteiger partial charge < -0.3 is 4.57 Å². The highest BCUT2D eigenvalue weighted by Gasteiger charge is 2.12. The number of nitrogens with zero attached hydrogens (tertiary/aromatic N) is 2. The summed E-state index contributed by atoms with van der Waals surface area (Å²) in [6, 6.07) is 10.2. The van der Waals surface area contributed by atoms with Crippen molar-refractivity contribution in [2.24, 2.45) is 0 Å². The van der Waals surface area contributed by atoms with E-state index in [1.54, 1.807) is 6.08 Å². The molecule has 0 radical (unpaired) electrons. The lowest BCUT2D eigenvalue weighted by atomic mass is 10.1. The zero-order valence-corrected chi connectivity index (χ0v) is 10.9. The molecule has 2 aromatic rings. The molecular weight excluding hydrogens is 220 g/mol. The van der Waals surface area contributed by atoms with Gasteiger partial charge in [-0.3, -0.25) is 0 Å². The molecule has 18 heavy (non-hydrogen) atoms. The normalized spacial score (nSPS) is 11.3. The number of benzene rings is 1. The highest BCUT2D eigenvalue weighted by Crippen LogP contribution is 2.22. The van der Waals surface area contributed by atoms with Gasteiger partial charge in [0.05, 0.1) is 5.69 Å². The summed E-state index contributed by atoms with van der Waals surface area (Å²) in [5, 5.41) is 0. The first-order valence-electron chi connectivity index (χ1n) is 5.89. The first-order valence-corrected chi connectivity index (χ1v) is 5.89. The van der Waals surface area contributed by atoms with Gasteiger partial charge in [0.15, 0.2) is 0 Å². The van der Waals surface area contributed by atoms with Crippen molar-refractivity contribution in [2.75, 3.05) is 0 Å². The largest absolute Gasteiger partial charge is 0.301 e. The maximum atomic E-state index is 5.31. The van der Waals surface area contributed by atoms with Crippen molar-refractivity contribution in [1.82, 2.24) is 9.55 Å². The van der Waals surface area contributed by atoms with E-state index in [1.165, 1.54) is 0 Å². The third kappa shape index (κ3) is 2.08. The molecule has 90 valence electrons. The van der Waals surface area contributed by atoms with E-state index in [4.69, 9.17) is 6.42 Å². The summed E-state index contributed by atoms with van der Waals surface area (Å²) in [7, 11) is 0. The smallest absolute Gasteiger partial charge is 0.111 e. The Bertz CT molecular complexity index is 625. The fourth-order valence-electron chi connectivity index (χ4n) is 2.17. The van der Waals surface area contributed by atoms with Crippen LogP contribution in [-0.2, 0) is 0 Å². The Morgan fingerprint density at radius 2 is 1.94 bits per heavy atom. The Labute approximate surface area is 108 Å². The van der Waals surface area contributed by atoms with E-state index < -0.39 is 0 Å². The van der Waals surface area contributed by atoms with Crippen LogP contribution in [0.4, 0.5) is 0 Å². The Kier molecular flexibility index (Phi) is 3.34. The van der Waals surface area contributed by atoms with Crippen LogP contribution in [-0.4, -0.2) is 9.55 Å². The van der Waals surface area contributed by atoms with E-state index in [0.717, 1.165) is 28.5 Å². The molecule has 1 heterocycles. The summed E-state index contributed by atoms with van der Waals surface area (Å²) in [5.41, 5.74) is 4.23. The maximum absolute atomic E-state index is 5.31. The highest BCUT2D eigenvalue weighted by atomic mass is 15.1. The van der Waals surface area contributed by atoms with Gasteiger partial charge in [0.1, 0.15) is 5.82 Å². The second kappa shape index (κ2) is 4.93. The van der Waals surface area contributed by atoms with Gasteiger partial charge >= 0.3 is 0 Å². The molecule has 0 amide bonds. The molecule has 1 aromatic carbocycles. The predicted molar refractivity (Wildman–Crippen MR) is 75.5 cm³/mol. The van der Waals surface area contributed by atoms with E-state index in [2.05, 4.69) is 34.5 Å². The minimum Gasteiger partial charge on any atom is -0.301 e. The van der Waals surface area contributed by atoms with Crippen LogP contribution in [0.3, 0.4) is 0 Å². The topological polar surface area (TPSA) is 17.8 Å². The number of terminal acetylenes is 1. The molecule has 0 aliphatic carbocycles. The molecule has 0 N–H and O–H groups in total. The molecule has 0 aliphatic rings. The highest BCUT2D eigenvalue weighted by molar-refractivity contribution is 5.66. The predicted octanol–water partition coefficient (Wildman–Crippen LogP) is 3.53. The van der Waals surface area contributed by atoms with E-state index in [1.807, 2.05) is 32.0 Å². The molecule has 0 bridgehead atoms. The quantitative estimate of drug-likeness (QED) is 0.729. The van der Waals surface area contributed by atoms with Crippen molar-refractivity contribution in [3.63, 3.8) is 0 Å². The van der Waals surface area contributed by atoms with Crippen molar-refractivity contribution >= 4 is 5.57 Å². The minimum absolute atomic E-state index is 0.967. The molecule has 0 atom stereocenters. The average molecular weight is 236 g/mol. The summed E-state index contributed by atoms with van der Waals surface area (Å²) in [5.74, 6) is 3.52. The summed E-state index contributed by atoms with van der Waals surface area (Å²) in [4.78, 5) is 4.60. The van der Waals surface area contributed by atoms with Crippen LogP contribution in [0.5, 0.6) is 0 Å². The van der Waals surface area contributed by atoms with Gasteiger partial charge in [-0.25, -0.2) is 4.98 Å². The molecule has 0 saturated heterocycles. The Morgan fingerprint density at radius 3 is 2.56 bits per heavy atom. The molecule has 1 aromatic heterocycles. The minimum atomic E-state index is 0.967. The van der Waals surface area contributed by atoms with Crippen LogP contribution in [0.15, 0.2) is 36.4 Å². The van der Waals surface area contributed by atoms with Gasteiger partial charge in [-0.1, -0.05) is 24.1 Å². The number of rotatable bonds is 2. The number of para-hydroxylation sites is 1. The molecular formula is C16H16N2. The van der Waals surface area contributed by atoms with Crippen LogP contribution in [0.25, 0.3) is 11.3 Å². The zero-order valence-electron chi connectivity index (χ0n) is 10.9. The van der Waals surface area contributed by atoms with Gasteiger partial charge in [0, 0.05) is 11.4 Å². The van der Waals surface area contributed by atoms with Crippen molar-refractivity contribution in [2.45, 2.75) is 20.8 Å². The van der Waals surface area contributed by atoms with Crippen molar-refractivity contribution < 1.29 is 0 Å². The summed E-state index contributed by atoms with van der Waals surface area (Å²) >= 11 is 0. The van der Waals surface area contributed by atoms with E-state index in [-0.39, 0.29) is 0 Å². The lowest BCUT2D eigenvalue weighted by Crippen LogP contribution is -1.99. The van der Waals surface area contributed by atoms with Crippen LogP contribution < -0.4 is 0 Å². The third-order valence-corrected chi connectivity index (χ3v) is 2.96. The lowest BCUT2D eigenvalue weighted by molar-refractivity contribution is 0.941. The van der Waals surface area contributed by atoms with E-state index in [0.29, 0.717) is 0 Å². The number of hydrogen-bond donors (Lipinski definition) is 0. The summed E-state index contributed by atoms with van der Waals surface area (Å²) < 4.78 is 2.14. The maximum Gasteiger partial charge on any atom is 0.111 e. The molecule has 2 rings (SSSR count). The van der Waals surface area contributed by atoms with Gasteiger partial charge in [-0.15, -0.1) is 6.42 Å². The number of aryl methyl sites for hydroxylation is 1. The lowest BCUT2D eigenvalue weighted by Gasteiger charge is -2.07. The van der Waals surface area contributed by atoms with Crippen molar-refractivity contribution in [1.29, 1.82) is 0 Å². The molecule has 0 spiro atoms. The van der Waals surface area contributed by atoms with Crippen LogP contribution >= 0.6 is 0 Å². The fraction of sp³-hybridized carbons (Fsp3) is 0.188. The third-order valence-electron chi connectivity index (χ3n) is 2.96. The van der Waals surface area contributed by atoms with Gasteiger partial charge in [0.25, 0.3) is 0 Å². The van der Waals surface area contributed by atoms with Crippen molar-refractivity contribution in [3.8, 4) is 18.0 Å². The van der Waals surface area contributed by atoms with E-state index >= 15 is 0 Å². The summed E-state index contributed by atoms with van der Waals surface area (Å²) in [6.45, 7) is 6.06. The van der Waals surface area contributed by atoms with Crippen LogP contribution in [0.2, 0.25) is 0 Å². The Morgan fingerprint density at radius 1 is 1.28 bits per heavy atom. The molecule has 0 fully saturated rings. The standard InChI is InChI=1S/C16H16N2/c1-5-9-12(2)16-13(3)18(14(4)17-16)15-10-7-6-8-11-15/h1,6-11H,2-4H3/b12-9-. The Balaban J connectivity index is 2.59. The molecule has 0 aliphatic heterocycles. The summed E-state index contributed by atoms with van der Waals surface area (Å²) in [6.07, 6.45) is 7.07. The monoisotopic (exact) mass is 236 g/mol. The fourth-order valence-corrected chi connectivity index (χ4v) is 2.17. The second-order valence-corrected chi connectivity index (χ2v) is 4.26. The average Bonchev–Trinajstić information content (AvgIpc) is 2.66. The number of imidazole rings is 1. The number of allylic oxidation sites excluding steroid dienone is 2. The molecule has 2 heteroatoms. The second-order valence-electron chi connectivity index (χ2n) is 4.26. The van der Waals surface area contributed by atoms with Crippen LogP contribution in [0.1, 0.15) is 24.1 Å². The first-order chi connectivity index (χ1) is 8.65. The zero-order chi connectivity index (χ0) is 13.1. The first kappa shape index (κ1) is 12.2. The SMILES string of the molecule is C#C/C=C(/C)c1nc(C)n(-c2ccccc2)c1C. The van der Waals surface area contributed by atoms with Gasteiger partial charge in [0.2, 0.25) is 0 Å². The van der Waals surface area contributed by atoms with E-state index in [9.17, 15) is 0 Å². The van der Waals surface area contributed by atoms with Crippen LogP contribution in [0, 0.1) is 26.2 Å². The number of hydrogen-bond acceptors (Lipinski definition) is 1.